The Morgan fingerprint density at radius 2 is 2.10 bits per heavy atom. The first-order valence-electron chi connectivity index (χ1n) is 3.54. The van der Waals surface area contributed by atoms with Gasteiger partial charge in [0.2, 0.25) is 5.91 Å². The first kappa shape index (κ1) is 9.43. The van der Waals surface area contributed by atoms with Crippen LogP contribution in [0.2, 0.25) is 0 Å². The minimum absolute atomic E-state index is 0.0600. The summed E-state index contributed by atoms with van der Waals surface area (Å²) in [6, 6.07) is 0.0947. The minimum atomic E-state index is 0.0600. The van der Waals surface area contributed by atoms with Crippen molar-refractivity contribution >= 4 is 5.91 Å². The number of hydrogen-bond donors (Lipinski definition) is 2. The van der Waals surface area contributed by atoms with Gasteiger partial charge in [-0.25, -0.2) is 0 Å². The predicted octanol–water partition coefficient (Wildman–Crippen LogP) is 0.106. The Labute approximate surface area is 62.0 Å². The van der Waals surface area contributed by atoms with E-state index in [0.29, 0.717) is 6.42 Å². The fraction of sp³-hybridized carbons (Fsp3) is 0.857. The van der Waals surface area contributed by atoms with Crippen LogP contribution in [0.15, 0.2) is 0 Å². The molecule has 0 rings (SSSR count). The van der Waals surface area contributed by atoms with E-state index in [1.165, 1.54) is 0 Å². The molecule has 0 heterocycles. The second kappa shape index (κ2) is 4.28. The topological polar surface area (TPSA) is 55.1 Å². The summed E-state index contributed by atoms with van der Waals surface area (Å²) >= 11 is 0. The van der Waals surface area contributed by atoms with Crippen molar-refractivity contribution in [3.63, 3.8) is 0 Å². The van der Waals surface area contributed by atoms with Gasteiger partial charge < -0.3 is 11.1 Å². The van der Waals surface area contributed by atoms with E-state index >= 15 is 0 Å². The summed E-state index contributed by atoms with van der Waals surface area (Å²) in [5.74, 6) is 0.324. The van der Waals surface area contributed by atoms with Gasteiger partial charge in [-0.05, 0) is 12.8 Å². The zero-order chi connectivity index (χ0) is 8.15. The highest BCUT2D eigenvalue weighted by molar-refractivity contribution is 5.75. The summed E-state index contributed by atoms with van der Waals surface area (Å²) in [5, 5.41) is 2.56. The van der Waals surface area contributed by atoms with Crippen molar-refractivity contribution in [3.05, 3.63) is 0 Å². The van der Waals surface area contributed by atoms with Crippen molar-refractivity contribution in [2.75, 3.05) is 7.05 Å². The first-order chi connectivity index (χ1) is 4.57. The third kappa shape index (κ3) is 3.45. The highest BCUT2D eigenvalue weighted by Gasteiger charge is 2.10. The minimum Gasteiger partial charge on any atom is -0.359 e. The molecule has 0 aromatic heterocycles. The van der Waals surface area contributed by atoms with E-state index in [0.717, 1.165) is 0 Å². The highest BCUT2D eigenvalue weighted by Crippen LogP contribution is 2.04. The molecule has 10 heavy (non-hydrogen) atoms. The monoisotopic (exact) mass is 144 g/mol. The summed E-state index contributed by atoms with van der Waals surface area (Å²) in [4.78, 5) is 10.8. The lowest BCUT2D eigenvalue weighted by Gasteiger charge is -2.13. The molecule has 3 heteroatoms. The Bertz CT molecular complexity index is 112. The lowest BCUT2D eigenvalue weighted by atomic mass is 10.0. The smallest absolute Gasteiger partial charge is 0.220 e. The van der Waals surface area contributed by atoms with Crippen LogP contribution in [0.3, 0.4) is 0 Å². The molecule has 2 atom stereocenters. The summed E-state index contributed by atoms with van der Waals surface area (Å²) in [6.45, 7) is 3.88. The summed E-state index contributed by atoms with van der Waals surface area (Å²) in [5.41, 5.74) is 5.56. The highest BCUT2D eigenvalue weighted by atomic mass is 16.1. The third-order valence-corrected chi connectivity index (χ3v) is 1.68. The number of hydrogen-bond acceptors (Lipinski definition) is 2. The molecule has 0 aliphatic rings. The van der Waals surface area contributed by atoms with Crippen molar-refractivity contribution in [1.29, 1.82) is 0 Å². The molecule has 0 saturated heterocycles. The standard InChI is InChI=1S/C7H16N2O/c1-5(6(2)8)4-7(10)9-3/h5-6H,4,8H2,1-3H3,(H,9,10)/t5-,6-/m0/s1. The van der Waals surface area contributed by atoms with Gasteiger partial charge in [0.1, 0.15) is 0 Å². The number of amides is 1. The van der Waals surface area contributed by atoms with Gasteiger partial charge in [-0.1, -0.05) is 6.92 Å². The number of carbonyl (C=O) groups excluding carboxylic acids is 1. The molecule has 0 aliphatic heterocycles. The van der Waals surface area contributed by atoms with Gasteiger partial charge in [0.15, 0.2) is 0 Å². The molecule has 1 amide bonds. The average molecular weight is 144 g/mol. The Morgan fingerprint density at radius 3 is 2.40 bits per heavy atom. The van der Waals surface area contributed by atoms with Crippen molar-refractivity contribution < 1.29 is 4.79 Å². The largest absolute Gasteiger partial charge is 0.359 e. The van der Waals surface area contributed by atoms with E-state index in [2.05, 4.69) is 5.32 Å². The molecule has 0 unspecified atom stereocenters. The maximum Gasteiger partial charge on any atom is 0.220 e. The first-order valence-corrected chi connectivity index (χ1v) is 3.54. The quantitative estimate of drug-likeness (QED) is 0.590. The molecule has 0 saturated carbocycles. The number of nitrogens with one attached hydrogen (secondary N) is 1. The van der Waals surface area contributed by atoms with Gasteiger partial charge in [0.25, 0.3) is 0 Å². The molecular formula is C7H16N2O. The lowest BCUT2D eigenvalue weighted by molar-refractivity contribution is -0.121. The SMILES string of the molecule is CNC(=O)C[C@H](C)[C@H](C)N. The van der Waals surface area contributed by atoms with Crippen molar-refractivity contribution in [2.45, 2.75) is 26.3 Å². The van der Waals surface area contributed by atoms with E-state index < -0.39 is 0 Å². The zero-order valence-electron chi connectivity index (χ0n) is 6.85. The molecule has 0 aliphatic carbocycles. The second-order valence-corrected chi connectivity index (χ2v) is 2.71. The molecule has 0 aromatic carbocycles. The van der Waals surface area contributed by atoms with Crippen LogP contribution in [-0.4, -0.2) is 19.0 Å². The Hall–Kier alpha value is -0.570. The molecular weight excluding hydrogens is 128 g/mol. The van der Waals surface area contributed by atoms with E-state index in [-0.39, 0.29) is 17.9 Å². The van der Waals surface area contributed by atoms with Crippen molar-refractivity contribution in [3.8, 4) is 0 Å². The van der Waals surface area contributed by atoms with Gasteiger partial charge in [-0.15, -0.1) is 0 Å². The lowest BCUT2D eigenvalue weighted by Crippen LogP contribution is -2.29. The number of carbonyl (C=O) groups is 1. The average Bonchev–Trinajstić information content (AvgIpc) is 1.87. The fourth-order valence-electron chi connectivity index (χ4n) is 0.580. The predicted molar refractivity (Wildman–Crippen MR) is 41.5 cm³/mol. The molecule has 0 fully saturated rings. The molecule has 0 spiro atoms. The van der Waals surface area contributed by atoms with E-state index in [1.807, 2.05) is 13.8 Å². The zero-order valence-corrected chi connectivity index (χ0v) is 6.85. The summed E-state index contributed by atoms with van der Waals surface area (Å²) in [6.07, 6.45) is 0.522. The molecule has 0 bridgehead atoms. The van der Waals surface area contributed by atoms with Gasteiger partial charge in [-0.3, -0.25) is 4.79 Å². The van der Waals surface area contributed by atoms with Crippen LogP contribution in [0.5, 0.6) is 0 Å². The number of rotatable bonds is 3. The van der Waals surface area contributed by atoms with E-state index in [1.54, 1.807) is 7.05 Å². The Morgan fingerprint density at radius 1 is 1.60 bits per heavy atom. The summed E-state index contributed by atoms with van der Waals surface area (Å²) in [7, 11) is 1.64. The van der Waals surface area contributed by atoms with Crippen LogP contribution in [0.4, 0.5) is 0 Å². The van der Waals surface area contributed by atoms with Gasteiger partial charge in [-0.2, -0.15) is 0 Å². The van der Waals surface area contributed by atoms with Crippen LogP contribution >= 0.6 is 0 Å². The van der Waals surface area contributed by atoms with E-state index in [9.17, 15) is 4.79 Å². The third-order valence-electron chi connectivity index (χ3n) is 1.68. The second-order valence-electron chi connectivity index (χ2n) is 2.71. The van der Waals surface area contributed by atoms with Gasteiger partial charge >= 0.3 is 0 Å². The Kier molecular flexibility index (Phi) is 4.03. The van der Waals surface area contributed by atoms with Crippen LogP contribution in [0.1, 0.15) is 20.3 Å². The van der Waals surface area contributed by atoms with Gasteiger partial charge in [0, 0.05) is 19.5 Å². The normalized spacial score (nSPS) is 16.0. The maximum atomic E-state index is 10.8. The summed E-state index contributed by atoms with van der Waals surface area (Å²) < 4.78 is 0. The van der Waals surface area contributed by atoms with E-state index in [4.69, 9.17) is 5.73 Å². The fourth-order valence-corrected chi connectivity index (χ4v) is 0.580. The van der Waals surface area contributed by atoms with Crippen LogP contribution in [0.25, 0.3) is 0 Å². The van der Waals surface area contributed by atoms with Crippen molar-refractivity contribution in [2.24, 2.45) is 11.7 Å². The number of nitrogens with two attached hydrogens (primary N) is 1. The molecule has 3 nitrogen and oxygen atoms in total. The van der Waals surface area contributed by atoms with Gasteiger partial charge in [0.05, 0.1) is 0 Å². The molecule has 0 aromatic rings. The Balaban J connectivity index is 3.57. The molecule has 3 N–H and O–H groups in total. The maximum absolute atomic E-state index is 10.8. The molecule has 60 valence electrons. The van der Waals surface area contributed by atoms with Crippen LogP contribution in [-0.2, 0) is 4.79 Å². The molecule has 0 radical (unpaired) electrons. The van der Waals surface area contributed by atoms with Crippen molar-refractivity contribution in [1.82, 2.24) is 5.32 Å². The van der Waals surface area contributed by atoms with Crippen LogP contribution in [0, 0.1) is 5.92 Å². The van der Waals surface area contributed by atoms with Crippen LogP contribution < -0.4 is 11.1 Å².